The molecule has 0 aromatic carbocycles. The summed E-state index contributed by atoms with van der Waals surface area (Å²) in [5, 5.41) is 12.2. The van der Waals surface area contributed by atoms with Crippen LogP contribution >= 0.6 is 11.6 Å². The van der Waals surface area contributed by atoms with Gasteiger partial charge in [-0.05, 0) is 6.92 Å². The van der Waals surface area contributed by atoms with Gasteiger partial charge in [-0.15, -0.1) is 0 Å². The Bertz CT molecular complexity index is 93.1. The third-order valence-electron chi connectivity index (χ3n) is 0.757. The second-order valence-corrected chi connectivity index (χ2v) is 2.53. The monoisotopic (exact) mass is 149 g/mol. The lowest BCUT2D eigenvalue weighted by atomic mass is 10.4. The maximum absolute atomic E-state index is 8.73. The summed E-state index contributed by atoms with van der Waals surface area (Å²) in [4.78, 5) is 0. The van der Waals surface area contributed by atoms with Gasteiger partial charge in [0.05, 0.1) is 6.10 Å². The predicted molar refractivity (Wildman–Crippen MR) is 39.5 cm³/mol. The molecule has 0 spiro atoms. The van der Waals surface area contributed by atoms with Crippen molar-refractivity contribution in [3.05, 3.63) is 11.6 Å². The molecule has 9 heavy (non-hydrogen) atoms. The van der Waals surface area contributed by atoms with Crippen molar-refractivity contribution in [3.8, 4) is 0 Å². The molecule has 0 rings (SSSR count). The molecule has 1 atom stereocenters. The molecule has 2 N–H and O–H groups in total. The lowest BCUT2D eigenvalue weighted by Crippen LogP contribution is -2.25. The molecule has 0 saturated carbocycles. The highest BCUT2D eigenvalue weighted by molar-refractivity contribution is 6.29. The van der Waals surface area contributed by atoms with Crippen LogP contribution in [0.3, 0.4) is 0 Å². The Kier molecular flexibility index (Phi) is 4.77. The minimum absolute atomic E-state index is 0.319. The van der Waals surface area contributed by atoms with Crippen LogP contribution in [0, 0.1) is 0 Å². The van der Waals surface area contributed by atoms with E-state index in [1.165, 1.54) is 0 Å². The van der Waals surface area contributed by atoms with Crippen LogP contribution in [-0.2, 0) is 0 Å². The Labute approximate surface area is 60.5 Å². The van der Waals surface area contributed by atoms with E-state index in [2.05, 4.69) is 11.9 Å². The minimum Gasteiger partial charge on any atom is -0.392 e. The smallest absolute Gasteiger partial charge is 0.0636 e. The van der Waals surface area contributed by atoms with E-state index in [1.54, 1.807) is 6.92 Å². The van der Waals surface area contributed by atoms with Gasteiger partial charge in [0, 0.05) is 18.1 Å². The number of hydrogen-bond acceptors (Lipinski definition) is 2. The third kappa shape index (κ3) is 7.95. The van der Waals surface area contributed by atoms with Gasteiger partial charge in [-0.2, -0.15) is 0 Å². The van der Waals surface area contributed by atoms with Crippen LogP contribution in [0.25, 0.3) is 0 Å². The van der Waals surface area contributed by atoms with Gasteiger partial charge in [-0.25, -0.2) is 0 Å². The molecule has 0 bridgehead atoms. The van der Waals surface area contributed by atoms with Crippen molar-refractivity contribution in [2.45, 2.75) is 13.0 Å². The molecule has 0 amide bonds. The summed E-state index contributed by atoms with van der Waals surface area (Å²) in [5.41, 5.74) is 0. The van der Waals surface area contributed by atoms with E-state index in [0.29, 0.717) is 18.1 Å². The maximum Gasteiger partial charge on any atom is 0.0636 e. The summed E-state index contributed by atoms with van der Waals surface area (Å²) in [6, 6.07) is 0. The van der Waals surface area contributed by atoms with E-state index >= 15 is 0 Å². The molecule has 0 fully saturated rings. The molecule has 0 radical (unpaired) electrons. The number of aliphatic hydroxyl groups is 1. The van der Waals surface area contributed by atoms with E-state index in [1.807, 2.05) is 0 Å². The van der Waals surface area contributed by atoms with Crippen molar-refractivity contribution in [3.63, 3.8) is 0 Å². The SMILES string of the molecule is C=C(Cl)CNC[C@@H](C)O. The molecule has 0 aliphatic heterocycles. The third-order valence-corrected chi connectivity index (χ3v) is 0.890. The van der Waals surface area contributed by atoms with Crippen molar-refractivity contribution in [1.29, 1.82) is 0 Å². The molecule has 54 valence electrons. The van der Waals surface area contributed by atoms with Crippen molar-refractivity contribution in [2.75, 3.05) is 13.1 Å². The Morgan fingerprint density at radius 2 is 2.44 bits per heavy atom. The zero-order valence-corrected chi connectivity index (χ0v) is 6.28. The van der Waals surface area contributed by atoms with E-state index < -0.39 is 0 Å². The topological polar surface area (TPSA) is 32.3 Å². The van der Waals surface area contributed by atoms with Gasteiger partial charge in [-0.1, -0.05) is 18.2 Å². The Morgan fingerprint density at radius 1 is 1.89 bits per heavy atom. The van der Waals surface area contributed by atoms with Crippen molar-refractivity contribution < 1.29 is 5.11 Å². The molecule has 0 aromatic heterocycles. The molecule has 3 heteroatoms. The highest BCUT2D eigenvalue weighted by atomic mass is 35.5. The summed E-state index contributed by atoms with van der Waals surface area (Å²) in [6.07, 6.45) is -0.319. The van der Waals surface area contributed by atoms with Crippen LogP contribution < -0.4 is 5.32 Å². The van der Waals surface area contributed by atoms with Crippen molar-refractivity contribution in [1.82, 2.24) is 5.32 Å². The van der Waals surface area contributed by atoms with Gasteiger partial charge >= 0.3 is 0 Å². The minimum atomic E-state index is -0.319. The Balaban J connectivity index is 3.01. The molecule has 0 heterocycles. The van der Waals surface area contributed by atoms with Gasteiger partial charge < -0.3 is 10.4 Å². The fourth-order valence-corrected chi connectivity index (χ4v) is 0.511. The quantitative estimate of drug-likeness (QED) is 0.617. The van der Waals surface area contributed by atoms with Crippen molar-refractivity contribution >= 4 is 11.6 Å². The maximum atomic E-state index is 8.73. The van der Waals surface area contributed by atoms with Crippen LogP contribution in [0.1, 0.15) is 6.92 Å². The van der Waals surface area contributed by atoms with Crippen molar-refractivity contribution in [2.24, 2.45) is 0 Å². The van der Waals surface area contributed by atoms with Gasteiger partial charge in [-0.3, -0.25) is 0 Å². The normalized spacial score (nSPS) is 13.2. The first-order valence-corrected chi connectivity index (χ1v) is 3.22. The molecule has 0 saturated heterocycles. The van der Waals surface area contributed by atoms with E-state index in [9.17, 15) is 0 Å². The van der Waals surface area contributed by atoms with Crippen LogP contribution in [0.15, 0.2) is 11.6 Å². The first-order chi connectivity index (χ1) is 4.13. The van der Waals surface area contributed by atoms with Crippen LogP contribution in [0.4, 0.5) is 0 Å². The lowest BCUT2D eigenvalue weighted by molar-refractivity contribution is 0.193. The summed E-state index contributed by atoms with van der Waals surface area (Å²) in [7, 11) is 0. The number of aliphatic hydroxyl groups excluding tert-OH is 1. The van der Waals surface area contributed by atoms with E-state index in [0.717, 1.165) is 0 Å². The Morgan fingerprint density at radius 3 is 2.78 bits per heavy atom. The predicted octanol–water partition coefficient (Wildman–Crippen LogP) is 0.709. The highest BCUT2D eigenvalue weighted by Gasteiger charge is 1.92. The largest absolute Gasteiger partial charge is 0.392 e. The Hall–Kier alpha value is -0.0500. The molecular weight excluding hydrogens is 138 g/mol. The highest BCUT2D eigenvalue weighted by Crippen LogP contribution is 1.91. The average molecular weight is 150 g/mol. The van der Waals surface area contributed by atoms with E-state index in [4.69, 9.17) is 16.7 Å². The van der Waals surface area contributed by atoms with Crippen LogP contribution in [0.2, 0.25) is 0 Å². The van der Waals surface area contributed by atoms with E-state index in [-0.39, 0.29) is 6.10 Å². The first kappa shape index (κ1) is 8.95. The fourth-order valence-electron chi connectivity index (χ4n) is 0.417. The standard InChI is InChI=1S/C6H12ClNO/c1-5(7)3-8-4-6(2)9/h6,8-9H,1,3-4H2,2H3/t6-/m1/s1. The fraction of sp³-hybridized carbons (Fsp3) is 0.667. The summed E-state index contributed by atoms with van der Waals surface area (Å²) >= 11 is 5.42. The molecule has 0 aromatic rings. The van der Waals surface area contributed by atoms with Crippen LogP contribution in [-0.4, -0.2) is 24.3 Å². The zero-order chi connectivity index (χ0) is 7.28. The molecule has 2 nitrogen and oxygen atoms in total. The summed E-state index contributed by atoms with van der Waals surface area (Å²) in [6.45, 7) is 6.31. The summed E-state index contributed by atoms with van der Waals surface area (Å²) < 4.78 is 0. The second-order valence-electron chi connectivity index (χ2n) is 2.00. The van der Waals surface area contributed by atoms with Gasteiger partial charge in [0.15, 0.2) is 0 Å². The number of halogens is 1. The van der Waals surface area contributed by atoms with Gasteiger partial charge in [0.2, 0.25) is 0 Å². The van der Waals surface area contributed by atoms with Crippen LogP contribution in [0.5, 0.6) is 0 Å². The van der Waals surface area contributed by atoms with Gasteiger partial charge in [0.25, 0.3) is 0 Å². The molecular formula is C6H12ClNO. The lowest BCUT2D eigenvalue weighted by Gasteiger charge is -2.04. The molecule has 0 aliphatic carbocycles. The number of hydrogen-bond donors (Lipinski definition) is 2. The number of rotatable bonds is 4. The summed E-state index contributed by atoms with van der Waals surface area (Å²) in [5.74, 6) is 0. The zero-order valence-electron chi connectivity index (χ0n) is 5.52. The molecule has 0 unspecified atom stereocenters. The number of nitrogens with one attached hydrogen (secondary N) is 1. The second kappa shape index (κ2) is 4.79. The van der Waals surface area contributed by atoms with Gasteiger partial charge in [0.1, 0.15) is 0 Å². The molecule has 0 aliphatic rings. The average Bonchev–Trinajstić information content (AvgIpc) is 1.63. The first-order valence-electron chi connectivity index (χ1n) is 2.85.